The van der Waals surface area contributed by atoms with Crippen LogP contribution in [0.25, 0.3) is 11.6 Å². The van der Waals surface area contributed by atoms with Crippen LogP contribution in [0.1, 0.15) is 58.3 Å². The lowest BCUT2D eigenvalue weighted by atomic mass is 9.92. The number of benzene rings is 2. The van der Waals surface area contributed by atoms with Crippen LogP contribution in [0.3, 0.4) is 0 Å². The zero-order valence-electron chi connectivity index (χ0n) is 17.8. The first-order chi connectivity index (χ1) is 15.4. The van der Waals surface area contributed by atoms with E-state index in [0.29, 0.717) is 12.1 Å². The van der Waals surface area contributed by atoms with Crippen molar-refractivity contribution in [2.24, 2.45) is 0 Å². The summed E-state index contributed by atoms with van der Waals surface area (Å²) < 4.78 is 26.0. The minimum absolute atomic E-state index is 0.0681. The molecule has 4 rings (SSSR count). The van der Waals surface area contributed by atoms with Gasteiger partial charge < -0.3 is 5.11 Å². The van der Waals surface area contributed by atoms with Crippen molar-refractivity contribution in [3.05, 3.63) is 80.3 Å². The molecule has 2 aromatic rings. The Morgan fingerprint density at radius 1 is 1.12 bits per heavy atom. The number of fused-ring (bicyclic) bond motifs is 1. The first-order valence-corrected chi connectivity index (χ1v) is 11.8. The summed E-state index contributed by atoms with van der Waals surface area (Å²) in [5, 5.41) is 9.35. The lowest BCUT2D eigenvalue weighted by Crippen LogP contribution is -2.22. The summed E-state index contributed by atoms with van der Waals surface area (Å²) in [5.74, 6) is -0.904. The molecule has 0 amide bonds. The highest BCUT2D eigenvalue weighted by atomic mass is 79.9. The monoisotopic (exact) mass is 501 g/mol. The number of carboxylic acids is 1. The Labute approximate surface area is 195 Å². The molecule has 168 valence electrons. The zero-order valence-corrected chi connectivity index (χ0v) is 19.4. The van der Waals surface area contributed by atoms with Gasteiger partial charge in [-0.3, -0.25) is 4.90 Å². The largest absolute Gasteiger partial charge is 0.478 e. The molecule has 0 spiro atoms. The number of carboxylic acid groups (broad SMARTS) is 1. The number of hydrogen-bond donors (Lipinski definition) is 1. The number of alkyl halides is 2. The van der Waals surface area contributed by atoms with Crippen LogP contribution in [0.5, 0.6) is 0 Å². The highest BCUT2D eigenvalue weighted by molar-refractivity contribution is 9.11. The maximum atomic E-state index is 12.4. The van der Waals surface area contributed by atoms with Gasteiger partial charge in [0.25, 0.3) is 0 Å². The second-order valence-electron chi connectivity index (χ2n) is 8.44. The highest BCUT2D eigenvalue weighted by Crippen LogP contribution is 2.38. The number of likely N-dealkylation sites (tertiary alicyclic amines) is 1. The second-order valence-corrected chi connectivity index (χ2v) is 9.40. The topological polar surface area (TPSA) is 40.5 Å². The predicted molar refractivity (Wildman–Crippen MR) is 127 cm³/mol. The van der Waals surface area contributed by atoms with Crippen molar-refractivity contribution < 1.29 is 18.7 Å². The molecular formula is C26H26BrF2NO2. The fourth-order valence-corrected chi connectivity index (χ4v) is 5.24. The van der Waals surface area contributed by atoms with Gasteiger partial charge in [-0.15, -0.1) is 0 Å². The van der Waals surface area contributed by atoms with Gasteiger partial charge in [-0.2, -0.15) is 0 Å². The van der Waals surface area contributed by atoms with E-state index in [1.54, 1.807) is 12.1 Å². The lowest BCUT2D eigenvalue weighted by Gasteiger charge is -2.14. The Kier molecular flexibility index (Phi) is 7.21. The van der Waals surface area contributed by atoms with E-state index in [2.05, 4.69) is 51.2 Å². The summed E-state index contributed by atoms with van der Waals surface area (Å²) >= 11 is 3.77. The molecule has 2 aromatic carbocycles. The number of aromatic carboxylic acids is 1. The number of halogens is 3. The molecule has 0 radical (unpaired) electrons. The van der Waals surface area contributed by atoms with E-state index in [-0.39, 0.29) is 6.42 Å². The summed E-state index contributed by atoms with van der Waals surface area (Å²) in [4.78, 5) is 13.5. The molecule has 1 N–H and O–H groups in total. The van der Waals surface area contributed by atoms with E-state index in [0.717, 1.165) is 71.1 Å². The fourth-order valence-electron chi connectivity index (χ4n) is 4.51. The van der Waals surface area contributed by atoms with Crippen molar-refractivity contribution >= 4 is 33.5 Å². The first kappa shape index (κ1) is 22.9. The molecule has 0 saturated carbocycles. The molecule has 6 heteroatoms. The van der Waals surface area contributed by atoms with Gasteiger partial charge in [0, 0.05) is 30.5 Å². The van der Waals surface area contributed by atoms with E-state index >= 15 is 0 Å². The van der Waals surface area contributed by atoms with Crippen molar-refractivity contribution in [2.45, 2.75) is 38.5 Å². The Hall–Kier alpha value is -2.31. The highest BCUT2D eigenvalue weighted by Gasteiger charge is 2.20. The Bertz CT molecular complexity index is 1060. The average Bonchev–Trinajstić information content (AvgIpc) is 3.14. The van der Waals surface area contributed by atoms with E-state index in [9.17, 15) is 18.7 Å². The van der Waals surface area contributed by atoms with Crippen LogP contribution in [-0.2, 0) is 6.42 Å². The number of allylic oxidation sites excluding steroid dienone is 1. The maximum Gasteiger partial charge on any atom is 0.335 e. The van der Waals surface area contributed by atoms with Gasteiger partial charge in [-0.25, -0.2) is 13.6 Å². The number of aryl methyl sites for hydroxylation is 1. The van der Waals surface area contributed by atoms with E-state index < -0.39 is 12.4 Å². The molecule has 1 aliphatic heterocycles. The van der Waals surface area contributed by atoms with Crippen molar-refractivity contribution in [3.8, 4) is 0 Å². The van der Waals surface area contributed by atoms with Gasteiger partial charge >= 0.3 is 5.97 Å². The molecule has 0 unspecified atom stereocenters. The molecule has 3 nitrogen and oxygen atoms in total. The van der Waals surface area contributed by atoms with Crippen molar-refractivity contribution in [3.63, 3.8) is 0 Å². The standard InChI is InChI=1S/C26H26BrF2NO2/c27-23-3-1-2-20-15-21(26(31)32)8-9-22(20)25(23)19-6-4-17(5-7-19)14-18-10-12-30(16-18)13-11-24(28)29/h4-9,14-15,24H,1-3,10-13,16H2,(H,31,32)/b18-14+. The molecule has 1 heterocycles. The van der Waals surface area contributed by atoms with Gasteiger partial charge in [0.15, 0.2) is 0 Å². The summed E-state index contributed by atoms with van der Waals surface area (Å²) in [5.41, 5.74) is 7.05. The molecule has 32 heavy (non-hydrogen) atoms. The molecule has 1 fully saturated rings. The minimum atomic E-state index is -2.24. The molecule has 0 bridgehead atoms. The molecule has 2 aliphatic rings. The molecule has 1 saturated heterocycles. The van der Waals surface area contributed by atoms with Crippen LogP contribution in [0.2, 0.25) is 0 Å². The first-order valence-electron chi connectivity index (χ1n) is 11.0. The van der Waals surface area contributed by atoms with Crippen molar-refractivity contribution in [1.29, 1.82) is 0 Å². The SMILES string of the molecule is O=C(O)c1ccc2c(c1)CCCC(Br)=C2c1ccc(/C=C2\CCN(CCC(F)F)C2)cc1. The second kappa shape index (κ2) is 10.1. The van der Waals surface area contributed by atoms with Crippen LogP contribution in [0.15, 0.2) is 52.5 Å². The summed E-state index contributed by atoms with van der Waals surface area (Å²) in [6.07, 6.45) is 3.49. The van der Waals surface area contributed by atoms with Gasteiger partial charge in [0.1, 0.15) is 0 Å². The third kappa shape index (κ3) is 5.36. The number of carbonyl (C=O) groups is 1. The van der Waals surface area contributed by atoms with Crippen LogP contribution < -0.4 is 0 Å². The third-order valence-corrected chi connectivity index (χ3v) is 6.94. The van der Waals surface area contributed by atoms with Gasteiger partial charge in [0.05, 0.1) is 5.56 Å². The molecule has 0 aromatic heterocycles. The fraction of sp³-hybridized carbons (Fsp3) is 0.346. The van der Waals surface area contributed by atoms with Crippen LogP contribution >= 0.6 is 15.9 Å². The van der Waals surface area contributed by atoms with E-state index in [1.165, 1.54) is 5.57 Å². The number of hydrogen-bond acceptors (Lipinski definition) is 2. The zero-order chi connectivity index (χ0) is 22.7. The molecule has 1 aliphatic carbocycles. The summed E-state index contributed by atoms with van der Waals surface area (Å²) in [6.45, 7) is 2.04. The van der Waals surface area contributed by atoms with Crippen molar-refractivity contribution in [2.75, 3.05) is 19.6 Å². The maximum absolute atomic E-state index is 12.4. The smallest absolute Gasteiger partial charge is 0.335 e. The van der Waals surface area contributed by atoms with Gasteiger partial charge in [-0.05, 0) is 65.6 Å². The predicted octanol–water partition coefficient (Wildman–Crippen LogP) is 6.62. The molecule has 0 atom stereocenters. The van der Waals surface area contributed by atoms with E-state index in [4.69, 9.17) is 0 Å². The summed E-state index contributed by atoms with van der Waals surface area (Å²) in [6, 6.07) is 13.8. The minimum Gasteiger partial charge on any atom is -0.478 e. The Balaban J connectivity index is 1.55. The van der Waals surface area contributed by atoms with Gasteiger partial charge in [-0.1, -0.05) is 57.9 Å². The number of rotatable bonds is 6. The average molecular weight is 502 g/mol. The Morgan fingerprint density at radius 3 is 2.62 bits per heavy atom. The van der Waals surface area contributed by atoms with E-state index in [1.807, 2.05) is 6.07 Å². The lowest BCUT2D eigenvalue weighted by molar-refractivity contribution is 0.0696. The van der Waals surface area contributed by atoms with Crippen molar-refractivity contribution in [1.82, 2.24) is 4.90 Å². The van der Waals surface area contributed by atoms with Crippen LogP contribution in [-0.4, -0.2) is 42.0 Å². The normalized spacial score (nSPS) is 18.3. The summed E-state index contributed by atoms with van der Waals surface area (Å²) in [7, 11) is 0. The molecular weight excluding hydrogens is 476 g/mol. The quantitative estimate of drug-likeness (QED) is 0.483. The van der Waals surface area contributed by atoms with Crippen LogP contribution in [0, 0.1) is 0 Å². The Morgan fingerprint density at radius 2 is 1.91 bits per heavy atom. The van der Waals surface area contributed by atoms with Crippen LogP contribution in [0.4, 0.5) is 8.78 Å². The van der Waals surface area contributed by atoms with Gasteiger partial charge in [0.2, 0.25) is 6.43 Å². The number of nitrogens with zero attached hydrogens (tertiary/aromatic N) is 1. The third-order valence-electron chi connectivity index (χ3n) is 6.14.